The van der Waals surface area contributed by atoms with Gasteiger partial charge in [0, 0.05) is 27.2 Å². The molecule has 1 aliphatic rings. The number of rotatable bonds is 2. The fourth-order valence-corrected chi connectivity index (χ4v) is 7.66. The number of fused-ring (bicyclic) bond motifs is 9. The maximum atomic E-state index is 6.34. The van der Waals surface area contributed by atoms with E-state index in [1.54, 1.807) is 0 Å². The molecule has 2 heteroatoms. The number of hydrogen-bond donors (Lipinski definition) is 0. The lowest BCUT2D eigenvalue weighted by Gasteiger charge is -2.48. The topological polar surface area (TPSA) is 18.1 Å². The first-order valence-electron chi connectivity index (χ1n) is 15.5. The number of aromatic nitrogens is 1. The highest BCUT2D eigenvalue weighted by atomic mass is 16.3. The minimum absolute atomic E-state index is 0.0819. The summed E-state index contributed by atoms with van der Waals surface area (Å²) in [5.41, 5.74) is 13.2. The molecular weight excluding hydrogens is 534 g/mol. The van der Waals surface area contributed by atoms with Crippen LogP contribution in [0.15, 0.2) is 132 Å². The fourth-order valence-electron chi connectivity index (χ4n) is 7.66. The van der Waals surface area contributed by atoms with Gasteiger partial charge in [0.2, 0.25) is 0 Å². The van der Waals surface area contributed by atoms with E-state index in [0.717, 1.165) is 11.2 Å². The zero-order valence-electron chi connectivity index (χ0n) is 25.5. The molecule has 9 rings (SSSR count). The summed E-state index contributed by atoms with van der Waals surface area (Å²) < 4.78 is 8.72. The van der Waals surface area contributed by atoms with Crippen LogP contribution in [0.3, 0.4) is 0 Å². The second-order valence-corrected chi connectivity index (χ2v) is 13.4. The molecule has 0 fully saturated rings. The van der Waals surface area contributed by atoms with Crippen molar-refractivity contribution in [2.24, 2.45) is 0 Å². The van der Waals surface area contributed by atoms with Crippen LogP contribution in [-0.4, -0.2) is 4.57 Å². The highest BCUT2D eigenvalue weighted by Gasteiger charge is 2.46. The molecule has 0 spiro atoms. The fraction of sp³-hybridized carbons (Fsp3) is 0.143. The molecule has 0 aliphatic heterocycles. The normalized spacial score (nSPS) is 15.2. The van der Waals surface area contributed by atoms with Gasteiger partial charge in [0.1, 0.15) is 11.2 Å². The van der Waals surface area contributed by atoms with Crippen molar-refractivity contribution in [1.29, 1.82) is 0 Å². The van der Waals surface area contributed by atoms with E-state index in [9.17, 15) is 0 Å². The van der Waals surface area contributed by atoms with E-state index in [4.69, 9.17) is 4.42 Å². The Balaban J connectivity index is 1.18. The Morgan fingerprint density at radius 1 is 0.455 bits per heavy atom. The summed E-state index contributed by atoms with van der Waals surface area (Å²) >= 11 is 0. The molecular formula is C42H33NO. The summed E-state index contributed by atoms with van der Waals surface area (Å²) in [4.78, 5) is 0. The Hall–Kier alpha value is -5.08. The average Bonchev–Trinajstić information content (AvgIpc) is 3.59. The van der Waals surface area contributed by atoms with E-state index in [2.05, 4.69) is 154 Å². The first-order chi connectivity index (χ1) is 21.3. The highest BCUT2D eigenvalue weighted by Crippen LogP contribution is 2.55. The summed E-state index contributed by atoms with van der Waals surface area (Å²) in [6, 6.07) is 46.5. The molecule has 2 nitrogen and oxygen atoms in total. The van der Waals surface area contributed by atoms with Gasteiger partial charge in [0.15, 0.2) is 0 Å². The molecule has 212 valence electrons. The second-order valence-electron chi connectivity index (χ2n) is 13.4. The molecule has 0 atom stereocenters. The van der Waals surface area contributed by atoms with Crippen molar-refractivity contribution in [3.63, 3.8) is 0 Å². The molecule has 0 radical (unpaired) electrons. The largest absolute Gasteiger partial charge is 0.456 e. The van der Waals surface area contributed by atoms with Crippen LogP contribution < -0.4 is 0 Å². The minimum atomic E-state index is -0.0824. The lowest BCUT2D eigenvalue weighted by molar-refractivity contribution is 0.299. The summed E-state index contributed by atoms with van der Waals surface area (Å²) in [5, 5.41) is 4.95. The van der Waals surface area contributed by atoms with E-state index < -0.39 is 0 Å². The Morgan fingerprint density at radius 3 is 1.70 bits per heavy atom. The van der Waals surface area contributed by atoms with Crippen LogP contribution in [0, 0.1) is 0 Å². The van der Waals surface area contributed by atoms with Gasteiger partial charge in [-0.3, -0.25) is 0 Å². The minimum Gasteiger partial charge on any atom is -0.456 e. The van der Waals surface area contributed by atoms with Gasteiger partial charge >= 0.3 is 0 Å². The predicted molar refractivity (Wildman–Crippen MR) is 185 cm³/mol. The van der Waals surface area contributed by atoms with Gasteiger partial charge in [-0.15, -0.1) is 0 Å². The smallest absolute Gasteiger partial charge is 0.136 e. The highest BCUT2D eigenvalue weighted by molar-refractivity contribution is 6.09. The Morgan fingerprint density at radius 2 is 1.02 bits per heavy atom. The van der Waals surface area contributed by atoms with Crippen LogP contribution in [0.1, 0.15) is 38.8 Å². The van der Waals surface area contributed by atoms with Crippen molar-refractivity contribution in [2.75, 3.05) is 0 Å². The first kappa shape index (κ1) is 25.4. The van der Waals surface area contributed by atoms with E-state index in [1.807, 2.05) is 6.07 Å². The van der Waals surface area contributed by atoms with Crippen LogP contribution in [0.25, 0.3) is 71.7 Å². The Bertz CT molecular complexity index is 2380. The predicted octanol–water partition coefficient (Wildman–Crippen LogP) is 11.6. The van der Waals surface area contributed by atoms with Crippen molar-refractivity contribution >= 4 is 43.7 Å². The van der Waals surface area contributed by atoms with Gasteiger partial charge in [-0.25, -0.2) is 0 Å². The zero-order chi connectivity index (χ0) is 29.8. The van der Waals surface area contributed by atoms with Crippen LogP contribution >= 0.6 is 0 Å². The lowest BCUT2D eigenvalue weighted by Crippen LogP contribution is -2.43. The third-order valence-electron chi connectivity index (χ3n) is 10.8. The van der Waals surface area contributed by atoms with E-state index >= 15 is 0 Å². The molecule has 6 aromatic carbocycles. The summed E-state index contributed by atoms with van der Waals surface area (Å²) in [6.45, 7) is 9.61. The van der Waals surface area contributed by atoms with Crippen molar-refractivity contribution in [1.82, 2.24) is 4.57 Å². The summed E-state index contributed by atoms with van der Waals surface area (Å²) in [6.07, 6.45) is 0. The standard InChI is InChI=1S/C42H33NO/c1-41(2)35-23-27(26-17-20-28(21-18-26)43-37-14-8-5-11-30(37)31-12-6-9-15-38(31)43)19-22-29(35)33-25-40-34(24-36(33)42(41,3)4)32-13-7-10-16-39(32)44-40/h5-25H,1-4H3. The van der Waals surface area contributed by atoms with Crippen molar-refractivity contribution in [3.05, 3.63) is 139 Å². The molecule has 0 amide bonds. The maximum Gasteiger partial charge on any atom is 0.136 e. The maximum absolute atomic E-state index is 6.34. The van der Waals surface area contributed by atoms with E-state index in [1.165, 1.54) is 71.6 Å². The Kier molecular flexibility index (Phi) is 5.05. The van der Waals surface area contributed by atoms with Crippen molar-refractivity contribution < 1.29 is 4.42 Å². The van der Waals surface area contributed by atoms with Crippen molar-refractivity contribution in [3.8, 4) is 27.9 Å². The lowest BCUT2D eigenvalue weighted by atomic mass is 9.55. The average molecular weight is 568 g/mol. The second kappa shape index (κ2) is 8.74. The Labute approximate surface area is 257 Å². The van der Waals surface area contributed by atoms with E-state index in [-0.39, 0.29) is 10.8 Å². The molecule has 2 heterocycles. The van der Waals surface area contributed by atoms with Gasteiger partial charge < -0.3 is 8.98 Å². The van der Waals surface area contributed by atoms with Crippen LogP contribution in [0.5, 0.6) is 0 Å². The molecule has 0 saturated heterocycles. The number of para-hydroxylation sites is 3. The SMILES string of the molecule is CC1(C)c2cc(-c3ccc(-n4c5ccccc5c5ccccc54)cc3)ccc2-c2cc3oc4ccccc4c3cc2C1(C)C. The molecule has 1 aliphatic carbocycles. The molecule has 0 N–H and O–H groups in total. The van der Waals surface area contributed by atoms with Crippen LogP contribution in [-0.2, 0) is 10.8 Å². The monoisotopic (exact) mass is 567 g/mol. The number of furan rings is 1. The van der Waals surface area contributed by atoms with Crippen LogP contribution in [0.2, 0.25) is 0 Å². The molecule has 0 bridgehead atoms. The molecule has 44 heavy (non-hydrogen) atoms. The summed E-state index contributed by atoms with van der Waals surface area (Å²) in [5.74, 6) is 0. The quantitative estimate of drug-likeness (QED) is 0.203. The van der Waals surface area contributed by atoms with Gasteiger partial charge in [-0.05, 0) is 92.7 Å². The summed E-state index contributed by atoms with van der Waals surface area (Å²) in [7, 11) is 0. The number of benzene rings is 6. The number of hydrogen-bond acceptors (Lipinski definition) is 1. The molecule has 8 aromatic rings. The van der Waals surface area contributed by atoms with Gasteiger partial charge in [-0.1, -0.05) is 107 Å². The zero-order valence-corrected chi connectivity index (χ0v) is 25.5. The third kappa shape index (κ3) is 3.31. The van der Waals surface area contributed by atoms with Gasteiger partial charge in [0.25, 0.3) is 0 Å². The number of nitrogens with zero attached hydrogens (tertiary/aromatic N) is 1. The van der Waals surface area contributed by atoms with Gasteiger partial charge in [0.05, 0.1) is 11.0 Å². The van der Waals surface area contributed by atoms with Crippen LogP contribution in [0.4, 0.5) is 0 Å². The molecule has 2 aromatic heterocycles. The van der Waals surface area contributed by atoms with E-state index in [0.29, 0.717) is 0 Å². The first-order valence-corrected chi connectivity index (χ1v) is 15.5. The molecule has 0 unspecified atom stereocenters. The van der Waals surface area contributed by atoms with Crippen molar-refractivity contribution in [2.45, 2.75) is 38.5 Å². The molecule has 0 saturated carbocycles. The third-order valence-corrected chi connectivity index (χ3v) is 10.8. The van der Waals surface area contributed by atoms with Gasteiger partial charge in [-0.2, -0.15) is 0 Å².